The summed E-state index contributed by atoms with van der Waals surface area (Å²) in [7, 11) is 0. The highest BCUT2D eigenvalue weighted by Crippen LogP contribution is 2.17. The van der Waals surface area contributed by atoms with Gasteiger partial charge >= 0.3 is 0 Å². The first-order valence-corrected chi connectivity index (χ1v) is 5.83. The summed E-state index contributed by atoms with van der Waals surface area (Å²) in [6.07, 6.45) is 7.45. The molecular weight excluding hydrogens is 196 g/mol. The van der Waals surface area contributed by atoms with Crippen molar-refractivity contribution < 1.29 is 5.11 Å². The molecule has 0 bridgehead atoms. The predicted molar refractivity (Wildman–Crippen MR) is 70.1 cm³/mol. The highest BCUT2D eigenvalue weighted by atomic mass is 16.3. The Balaban J connectivity index is 2.89. The summed E-state index contributed by atoms with van der Waals surface area (Å²) in [5.74, 6) is 0. The van der Waals surface area contributed by atoms with Gasteiger partial charge in [0.1, 0.15) is 0 Å². The minimum absolute atomic E-state index is 0.0882. The molecule has 0 saturated carbocycles. The van der Waals surface area contributed by atoms with E-state index in [1.807, 2.05) is 30.3 Å². The summed E-state index contributed by atoms with van der Waals surface area (Å²) in [6.45, 7) is 6.11. The molecule has 0 radical (unpaired) electrons. The van der Waals surface area contributed by atoms with Gasteiger partial charge in [-0.25, -0.2) is 0 Å². The summed E-state index contributed by atoms with van der Waals surface area (Å²) < 4.78 is 0. The molecule has 0 aliphatic heterocycles. The van der Waals surface area contributed by atoms with Crippen LogP contribution >= 0.6 is 0 Å². The van der Waals surface area contributed by atoms with Gasteiger partial charge in [0.25, 0.3) is 0 Å². The maximum Gasteiger partial charge on any atom is 0.0687 e. The molecule has 0 fully saturated rings. The number of aliphatic hydroxyl groups is 1. The zero-order valence-electron chi connectivity index (χ0n) is 9.95. The van der Waals surface area contributed by atoms with Crippen molar-refractivity contribution in [2.45, 2.75) is 32.8 Å². The number of aliphatic hydroxyl groups excluding tert-OH is 1. The molecule has 0 spiro atoms. The molecule has 1 aromatic rings. The SMILES string of the molecule is C=C/C(=C/c1ccccc1CO)CCCC. The molecule has 0 atom stereocenters. The summed E-state index contributed by atoms with van der Waals surface area (Å²) in [5.41, 5.74) is 3.30. The van der Waals surface area contributed by atoms with E-state index < -0.39 is 0 Å². The van der Waals surface area contributed by atoms with Gasteiger partial charge in [-0.2, -0.15) is 0 Å². The molecule has 0 aliphatic rings. The topological polar surface area (TPSA) is 20.2 Å². The van der Waals surface area contributed by atoms with Crippen LogP contribution in [0, 0.1) is 0 Å². The Morgan fingerprint density at radius 3 is 2.75 bits per heavy atom. The zero-order chi connectivity index (χ0) is 11.8. The molecule has 1 nitrogen and oxygen atoms in total. The van der Waals surface area contributed by atoms with Crippen molar-refractivity contribution >= 4 is 6.08 Å². The maximum atomic E-state index is 9.23. The highest BCUT2D eigenvalue weighted by Gasteiger charge is 1.98. The first kappa shape index (κ1) is 12.7. The van der Waals surface area contributed by atoms with Crippen LogP contribution in [0.2, 0.25) is 0 Å². The zero-order valence-corrected chi connectivity index (χ0v) is 9.95. The third kappa shape index (κ3) is 3.67. The fraction of sp³-hybridized carbons (Fsp3) is 0.333. The molecule has 16 heavy (non-hydrogen) atoms. The van der Waals surface area contributed by atoms with Crippen molar-refractivity contribution in [3.63, 3.8) is 0 Å². The molecule has 0 aromatic heterocycles. The van der Waals surface area contributed by atoms with Crippen molar-refractivity contribution in [1.29, 1.82) is 0 Å². The number of rotatable bonds is 6. The molecule has 0 unspecified atom stereocenters. The van der Waals surface area contributed by atoms with E-state index in [9.17, 15) is 5.11 Å². The third-order valence-corrected chi connectivity index (χ3v) is 2.65. The van der Waals surface area contributed by atoms with E-state index >= 15 is 0 Å². The van der Waals surface area contributed by atoms with Gasteiger partial charge in [0.15, 0.2) is 0 Å². The first-order chi connectivity index (χ1) is 7.81. The van der Waals surface area contributed by atoms with Crippen LogP contribution < -0.4 is 0 Å². The van der Waals surface area contributed by atoms with E-state index in [2.05, 4.69) is 19.6 Å². The standard InChI is InChI=1S/C15H20O/c1-3-5-8-13(4-2)11-14-9-6-7-10-15(14)12-16/h4,6-7,9-11,16H,2-3,5,8,12H2,1H3/b13-11-. The smallest absolute Gasteiger partial charge is 0.0687 e. The Labute approximate surface area is 98.1 Å². The fourth-order valence-electron chi connectivity index (χ4n) is 1.63. The molecule has 0 saturated heterocycles. The van der Waals surface area contributed by atoms with Gasteiger partial charge in [-0.15, -0.1) is 0 Å². The van der Waals surface area contributed by atoms with Gasteiger partial charge in [-0.05, 0) is 29.5 Å². The van der Waals surface area contributed by atoms with Gasteiger partial charge in [-0.1, -0.05) is 56.3 Å². The number of benzene rings is 1. The van der Waals surface area contributed by atoms with Crippen LogP contribution in [0.3, 0.4) is 0 Å². The lowest BCUT2D eigenvalue weighted by molar-refractivity contribution is 0.281. The number of hydrogen-bond donors (Lipinski definition) is 1. The lowest BCUT2D eigenvalue weighted by Gasteiger charge is -2.05. The van der Waals surface area contributed by atoms with Crippen molar-refractivity contribution in [2.24, 2.45) is 0 Å². The second-order valence-electron chi connectivity index (χ2n) is 3.88. The summed E-state index contributed by atoms with van der Waals surface area (Å²) in [6, 6.07) is 7.92. The van der Waals surface area contributed by atoms with E-state index in [4.69, 9.17) is 0 Å². The van der Waals surface area contributed by atoms with Crippen LogP contribution in [0.1, 0.15) is 37.3 Å². The van der Waals surface area contributed by atoms with Crippen LogP contribution in [-0.4, -0.2) is 5.11 Å². The monoisotopic (exact) mass is 216 g/mol. The van der Waals surface area contributed by atoms with Crippen LogP contribution in [-0.2, 0) is 6.61 Å². The molecule has 0 aliphatic carbocycles. The molecule has 1 heteroatoms. The van der Waals surface area contributed by atoms with Crippen LogP contribution in [0.4, 0.5) is 0 Å². The van der Waals surface area contributed by atoms with E-state index in [0.717, 1.165) is 17.5 Å². The fourth-order valence-corrected chi connectivity index (χ4v) is 1.63. The maximum absolute atomic E-state index is 9.23. The van der Waals surface area contributed by atoms with Gasteiger partial charge in [0.05, 0.1) is 6.61 Å². The minimum Gasteiger partial charge on any atom is -0.392 e. The first-order valence-electron chi connectivity index (χ1n) is 5.83. The second kappa shape index (κ2) is 7.02. The van der Waals surface area contributed by atoms with Crippen molar-refractivity contribution in [3.05, 3.63) is 53.6 Å². The van der Waals surface area contributed by atoms with E-state index in [1.54, 1.807) is 0 Å². The normalized spacial score (nSPS) is 11.5. The van der Waals surface area contributed by atoms with Gasteiger partial charge in [-0.3, -0.25) is 0 Å². The third-order valence-electron chi connectivity index (χ3n) is 2.65. The Kier molecular flexibility index (Phi) is 5.58. The molecular formula is C15H20O. The predicted octanol–water partition coefficient (Wildman–Crippen LogP) is 3.94. The van der Waals surface area contributed by atoms with Gasteiger partial charge in [0.2, 0.25) is 0 Å². The largest absolute Gasteiger partial charge is 0.392 e. The van der Waals surface area contributed by atoms with Crippen molar-refractivity contribution in [2.75, 3.05) is 0 Å². The average molecular weight is 216 g/mol. The Bertz CT molecular complexity index is 363. The molecule has 0 heterocycles. The Morgan fingerprint density at radius 1 is 1.38 bits per heavy atom. The van der Waals surface area contributed by atoms with Gasteiger partial charge < -0.3 is 5.11 Å². The number of allylic oxidation sites excluding steroid dienone is 2. The summed E-state index contributed by atoms with van der Waals surface area (Å²) >= 11 is 0. The molecule has 86 valence electrons. The van der Waals surface area contributed by atoms with Gasteiger partial charge in [0, 0.05) is 0 Å². The lowest BCUT2D eigenvalue weighted by Crippen LogP contribution is -1.88. The van der Waals surface area contributed by atoms with E-state index in [-0.39, 0.29) is 6.61 Å². The quantitative estimate of drug-likeness (QED) is 0.714. The van der Waals surface area contributed by atoms with Crippen molar-refractivity contribution in [3.8, 4) is 0 Å². The summed E-state index contributed by atoms with van der Waals surface area (Å²) in [5, 5.41) is 9.23. The van der Waals surface area contributed by atoms with Crippen LogP contribution in [0.15, 0.2) is 42.5 Å². The molecule has 1 N–H and O–H groups in total. The minimum atomic E-state index is 0.0882. The molecule has 1 aromatic carbocycles. The van der Waals surface area contributed by atoms with Crippen LogP contribution in [0.25, 0.3) is 6.08 Å². The highest BCUT2D eigenvalue weighted by molar-refractivity contribution is 5.58. The lowest BCUT2D eigenvalue weighted by atomic mass is 10.0. The van der Waals surface area contributed by atoms with Crippen LogP contribution in [0.5, 0.6) is 0 Å². The Morgan fingerprint density at radius 2 is 2.12 bits per heavy atom. The molecule has 0 amide bonds. The number of unbranched alkanes of at least 4 members (excludes halogenated alkanes) is 1. The van der Waals surface area contributed by atoms with E-state index in [1.165, 1.54) is 18.4 Å². The van der Waals surface area contributed by atoms with Crippen molar-refractivity contribution in [1.82, 2.24) is 0 Å². The Hall–Kier alpha value is -1.34. The second-order valence-corrected chi connectivity index (χ2v) is 3.88. The summed E-state index contributed by atoms with van der Waals surface area (Å²) in [4.78, 5) is 0. The number of hydrogen-bond acceptors (Lipinski definition) is 1. The van der Waals surface area contributed by atoms with E-state index in [0.29, 0.717) is 0 Å². The average Bonchev–Trinajstić information content (AvgIpc) is 2.34. The molecule has 1 rings (SSSR count).